The van der Waals surface area contributed by atoms with Crippen LogP contribution in [-0.2, 0) is 11.3 Å². The zero-order valence-electron chi connectivity index (χ0n) is 8.19. The fourth-order valence-corrected chi connectivity index (χ4v) is 2.35. The van der Waals surface area contributed by atoms with Gasteiger partial charge in [-0.1, -0.05) is 34.1 Å². The average Bonchev–Trinajstić information content (AvgIpc) is 2.49. The fraction of sp³-hybridized carbons (Fsp3) is 0.364. The highest BCUT2D eigenvalue weighted by Crippen LogP contribution is 2.23. The number of nitrogens with zero attached hydrogens (tertiary/aromatic N) is 1. The topological polar surface area (TPSA) is 40.5 Å². The van der Waals surface area contributed by atoms with Gasteiger partial charge in [-0.15, -0.1) is 0 Å². The number of phenols is 1. The molecule has 1 N–H and O–H groups in total. The molecule has 0 radical (unpaired) electrons. The van der Waals surface area contributed by atoms with Crippen molar-refractivity contribution in [2.24, 2.45) is 0 Å². The van der Waals surface area contributed by atoms with Gasteiger partial charge in [0.1, 0.15) is 5.75 Å². The summed E-state index contributed by atoms with van der Waals surface area (Å²) in [5.41, 5.74) is 0.799. The van der Waals surface area contributed by atoms with Crippen LogP contribution in [0.25, 0.3) is 0 Å². The SMILES string of the molecule is O=C1CC(Br)CN1Cc1ccccc1O. The van der Waals surface area contributed by atoms with Gasteiger partial charge >= 0.3 is 0 Å². The molecule has 0 aromatic heterocycles. The summed E-state index contributed by atoms with van der Waals surface area (Å²) >= 11 is 3.43. The zero-order chi connectivity index (χ0) is 10.8. The first kappa shape index (κ1) is 10.5. The Hall–Kier alpha value is -1.03. The molecule has 0 aliphatic carbocycles. The van der Waals surface area contributed by atoms with Crippen molar-refractivity contribution in [3.05, 3.63) is 29.8 Å². The first-order valence-electron chi connectivity index (χ1n) is 4.85. The molecule has 1 atom stereocenters. The number of phenolic OH excluding ortho intramolecular Hbond substituents is 1. The number of carbonyl (C=O) groups is 1. The average molecular weight is 270 g/mol. The van der Waals surface area contributed by atoms with Gasteiger partial charge in [0, 0.05) is 29.9 Å². The zero-order valence-corrected chi connectivity index (χ0v) is 9.77. The number of para-hydroxylation sites is 1. The lowest BCUT2D eigenvalue weighted by molar-refractivity contribution is -0.128. The fourth-order valence-electron chi connectivity index (χ4n) is 1.73. The van der Waals surface area contributed by atoms with Gasteiger partial charge in [0.2, 0.25) is 5.91 Å². The van der Waals surface area contributed by atoms with Crippen LogP contribution in [0.15, 0.2) is 24.3 Å². The van der Waals surface area contributed by atoms with Gasteiger partial charge in [-0.05, 0) is 6.07 Å². The first-order chi connectivity index (χ1) is 7.16. The summed E-state index contributed by atoms with van der Waals surface area (Å²) in [5, 5.41) is 9.57. The van der Waals surface area contributed by atoms with Gasteiger partial charge in [-0.3, -0.25) is 4.79 Å². The van der Waals surface area contributed by atoms with Crippen molar-refractivity contribution in [2.45, 2.75) is 17.8 Å². The maximum Gasteiger partial charge on any atom is 0.224 e. The molecule has 4 heteroatoms. The quantitative estimate of drug-likeness (QED) is 0.834. The number of aromatic hydroxyl groups is 1. The third kappa shape index (κ3) is 2.31. The highest BCUT2D eigenvalue weighted by molar-refractivity contribution is 9.09. The van der Waals surface area contributed by atoms with Crippen LogP contribution in [0.5, 0.6) is 5.75 Å². The molecule has 1 saturated heterocycles. The number of halogens is 1. The van der Waals surface area contributed by atoms with Gasteiger partial charge in [-0.25, -0.2) is 0 Å². The van der Waals surface area contributed by atoms with E-state index in [1.54, 1.807) is 17.0 Å². The molecule has 0 saturated carbocycles. The van der Waals surface area contributed by atoms with Crippen LogP contribution in [-0.4, -0.2) is 27.3 Å². The molecule has 1 amide bonds. The number of amides is 1. The molecule has 1 aliphatic heterocycles. The Balaban J connectivity index is 2.09. The van der Waals surface area contributed by atoms with E-state index < -0.39 is 0 Å². The lowest BCUT2D eigenvalue weighted by atomic mass is 10.2. The summed E-state index contributed by atoms with van der Waals surface area (Å²) in [5.74, 6) is 0.392. The van der Waals surface area contributed by atoms with E-state index in [1.807, 2.05) is 12.1 Å². The lowest BCUT2D eigenvalue weighted by Gasteiger charge is -2.16. The van der Waals surface area contributed by atoms with Crippen LogP contribution in [0.4, 0.5) is 0 Å². The number of likely N-dealkylation sites (tertiary alicyclic amines) is 1. The Morgan fingerprint density at radius 3 is 2.80 bits per heavy atom. The Labute approximate surface area is 96.8 Å². The van der Waals surface area contributed by atoms with Crippen molar-refractivity contribution in [1.29, 1.82) is 0 Å². The Kier molecular flexibility index (Phi) is 2.95. The first-order valence-corrected chi connectivity index (χ1v) is 5.77. The standard InChI is InChI=1S/C11H12BrNO2/c12-9-5-11(15)13(7-9)6-8-3-1-2-4-10(8)14/h1-4,9,14H,5-7H2. The summed E-state index contributed by atoms with van der Waals surface area (Å²) < 4.78 is 0. The minimum Gasteiger partial charge on any atom is -0.508 e. The van der Waals surface area contributed by atoms with E-state index in [0.717, 1.165) is 5.56 Å². The number of hydrogen-bond donors (Lipinski definition) is 1. The molecule has 3 nitrogen and oxygen atoms in total. The van der Waals surface area contributed by atoms with E-state index in [-0.39, 0.29) is 16.5 Å². The summed E-state index contributed by atoms with van der Waals surface area (Å²) in [4.78, 5) is 13.5. The Morgan fingerprint density at radius 2 is 2.20 bits per heavy atom. The monoisotopic (exact) mass is 269 g/mol. The summed E-state index contributed by atoms with van der Waals surface area (Å²) in [6.45, 7) is 1.21. The molecule has 80 valence electrons. The molecular formula is C11H12BrNO2. The van der Waals surface area contributed by atoms with Crippen molar-refractivity contribution >= 4 is 21.8 Å². The minimum atomic E-state index is 0.139. The van der Waals surface area contributed by atoms with Crippen molar-refractivity contribution < 1.29 is 9.90 Å². The molecule has 1 aromatic rings. The van der Waals surface area contributed by atoms with E-state index in [4.69, 9.17) is 0 Å². The lowest BCUT2D eigenvalue weighted by Crippen LogP contribution is -2.24. The summed E-state index contributed by atoms with van der Waals surface area (Å²) in [6, 6.07) is 7.12. The van der Waals surface area contributed by atoms with Crippen LogP contribution in [0.1, 0.15) is 12.0 Å². The Morgan fingerprint density at radius 1 is 1.47 bits per heavy atom. The summed E-state index contributed by atoms with van der Waals surface area (Å²) in [6.07, 6.45) is 0.549. The van der Waals surface area contributed by atoms with Crippen molar-refractivity contribution in [1.82, 2.24) is 4.90 Å². The highest BCUT2D eigenvalue weighted by atomic mass is 79.9. The van der Waals surface area contributed by atoms with Gasteiger partial charge in [-0.2, -0.15) is 0 Å². The molecule has 2 rings (SSSR count). The minimum absolute atomic E-state index is 0.139. The van der Waals surface area contributed by atoms with Crippen LogP contribution in [0, 0.1) is 0 Å². The van der Waals surface area contributed by atoms with Crippen LogP contribution in [0.2, 0.25) is 0 Å². The van der Waals surface area contributed by atoms with Crippen molar-refractivity contribution in [3.8, 4) is 5.75 Å². The van der Waals surface area contributed by atoms with Gasteiger partial charge in [0.05, 0.1) is 0 Å². The van der Waals surface area contributed by atoms with Crippen LogP contribution >= 0.6 is 15.9 Å². The number of benzene rings is 1. The Bertz CT molecular complexity index is 381. The molecular weight excluding hydrogens is 258 g/mol. The van der Waals surface area contributed by atoms with Gasteiger partial charge in [0.15, 0.2) is 0 Å². The maximum atomic E-state index is 11.5. The van der Waals surface area contributed by atoms with Gasteiger partial charge in [0.25, 0.3) is 0 Å². The van der Waals surface area contributed by atoms with E-state index in [2.05, 4.69) is 15.9 Å². The number of alkyl halides is 1. The predicted octanol–water partition coefficient (Wildman–Crippen LogP) is 1.89. The van der Waals surface area contributed by atoms with E-state index >= 15 is 0 Å². The molecule has 1 heterocycles. The van der Waals surface area contributed by atoms with Crippen molar-refractivity contribution in [2.75, 3.05) is 6.54 Å². The predicted molar refractivity (Wildman–Crippen MR) is 60.9 cm³/mol. The molecule has 1 aromatic carbocycles. The van der Waals surface area contributed by atoms with E-state index in [0.29, 0.717) is 19.5 Å². The largest absolute Gasteiger partial charge is 0.508 e. The third-order valence-corrected chi connectivity index (χ3v) is 3.13. The molecule has 15 heavy (non-hydrogen) atoms. The third-order valence-electron chi connectivity index (χ3n) is 2.52. The van der Waals surface area contributed by atoms with Crippen LogP contribution < -0.4 is 0 Å². The second-order valence-corrected chi connectivity index (χ2v) is 5.00. The molecule has 1 unspecified atom stereocenters. The molecule has 0 bridgehead atoms. The number of rotatable bonds is 2. The van der Waals surface area contributed by atoms with E-state index in [1.165, 1.54) is 0 Å². The summed E-state index contributed by atoms with van der Waals surface area (Å²) in [7, 11) is 0. The normalized spacial score (nSPS) is 21.0. The molecule has 1 fully saturated rings. The highest BCUT2D eigenvalue weighted by Gasteiger charge is 2.27. The molecule has 1 aliphatic rings. The number of carbonyl (C=O) groups excluding carboxylic acids is 1. The van der Waals surface area contributed by atoms with Crippen LogP contribution in [0.3, 0.4) is 0 Å². The van der Waals surface area contributed by atoms with Gasteiger partial charge < -0.3 is 10.0 Å². The molecule has 0 spiro atoms. The van der Waals surface area contributed by atoms with E-state index in [9.17, 15) is 9.90 Å². The second kappa shape index (κ2) is 4.23. The maximum absolute atomic E-state index is 11.5. The number of hydrogen-bond acceptors (Lipinski definition) is 2. The second-order valence-electron chi connectivity index (χ2n) is 3.70. The smallest absolute Gasteiger partial charge is 0.224 e. The van der Waals surface area contributed by atoms with Crippen molar-refractivity contribution in [3.63, 3.8) is 0 Å².